The van der Waals surface area contributed by atoms with Gasteiger partial charge in [-0.25, -0.2) is 4.98 Å². The van der Waals surface area contributed by atoms with Crippen LogP contribution in [-0.2, 0) is 6.18 Å². The van der Waals surface area contributed by atoms with E-state index in [2.05, 4.69) is 10.3 Å². The molecule has 0 atom stereocenters. The van der Waals surface area contributed by atoms with E-state index in [-0.39, 0.29) is 24.8 Å². The smallest absolute Gasteiger partial charge is 0.433 e. The van der Waals surface area contributed by atoms with Crippen LogP contribution < -0.4 is 19.7 Å². The summed E-state index contributed by atoms with van der Waals surface area (Å²) in [7, 11) is 1.83. The van der Waals surface area contributed by atoms with E-state index in [1.54, 1.807) is 42.5 Å². The van der Waals surface area contributed by atoms with E-state index in [9.17, 15) is 18.0 Å². The third-order valence-electron chi connectivity index (χ3n) is 6.58. The first-order chi connectivity index (χ1) is 16.3. The van der Waals surface area contributed by atoms with Gasteiger partial charge in [-0.3, -0.25) is 4.79 Å². The van der Waals surface area contributed by atoms with Gasteiger partial charge in [-0.2, -0.15) is 13.2 Å². The Bertz CT molecular complexity index is 1220. The number of carbonyl (C=O) groups excluding carboxylic acids is 1. The average molecular weight is 471 g/mol. The number of fused-ring (bicyclic) bond motifs is 2. The summed E-state index contributed by atoms with van der Waals surface area (Å²) in [6, 6.07) is 13.2. The molecule has 1 saturated carbocycles. The van der Waals surface area contributed by atoms with Gasteiger partial charge in [-0.1, -0.05) is 18.2 Å². The molecule has 2 aromatic carbocycles. The average Bonchev–Trinajstić information content (AvgIpc) is 3.31. The van der Waals surface area contributed by atoms with Crippen LogP contribution in [0.2, 0.25) is 0 Å². The second-order valence-corrected chi connectivity index (χ2v) is 8.70. The molecule has 2 heterocycles. The van der Waals surface area contributed by atoms with Gasteiger partial charge in [0.2, 0.25) is 6.79 Å². The van der Waals surface area contributed by atoms with Crippen molar-refractivity contribution in [1.29, 1.82) is 0 Å². The highest BCUT2D eigenvalue weighted by Gasteiger charge is 2.34. The minimum absolute atomic E-state index is 0.00231. The Kier molecular flexibility index (Phi) is 5.71. The quantitative estimate of drug-likeness (QED) is 0.570. The number of carbonyl (C=O) groups is 1. The molecule has 1 aliphatic carbocycles. The number of aromatic nitrogens is 1. The molecule has 2 aliphatic rings. The number of amides is 1. The third kappa shape index (κ3) is 4.34. The number of nitrogens with one attached hydrogen (secondary N) is 1. The van der Waals surface area contributed by atoms with Crippen molar-refractivity contribution in [2.45, 2.75) is 43.9 Å². The molecule has 6 nitrogen and oxygen atoms in total. The number of hydrogen-bond acceptors (Lipinski definition) is 5. The molecular formula is C25H24F3N3O3. The predicted molar refractivity (Wildman–Crippen MR) is 121 cm³/mol. The van der Waals surface area contributed by atoms with Crippen LogP contribution in [0.5, 0.6) is 11.5 Å². The summed E-state index contributed by atoms with van der Waals surface area (Å²) in [4.78, 5) is 18.4. The summed E-state index contributed by atoms with van der Waals surface area (Å²) < 4.78 is 51.0. The van der Waals surface area contributed by atoms with Gasteiger partial charge < -0.3 is 19.7 Å². The maximum atomic E-state index is 13.5. The van der Waals surface area contributed by atoms with Crippen molar-refractivity contribution >= 4 is 22.5 Å². The summed E-state index contributed by atoms with van der Waals surface area (Å²) in [5, 5.41) is 3.76. The molecule has 1 aromatic heterocycles. The molecule has 0 spiro atoms. The van der Waals surface area contributed by atoms with Crippen LogP contribution in [0, 0.1) is 0 Å². The van der Waals surface area contributed by atoms with Crippen LogP contribution in [0.1, 0.15) is 41.7 Å². The zero-order chi connectivity index (χ0) is 23.9. The van der Waals surface area contributed by atoms with E-state index in [1.807, 2.05) is 11.9 Å². The van der Waals surface area contributed by atoms with E-state index in [4.69, 9.17) is 9.47 Å². The summed E-state index contributed by atoms with van der Waals surface area (Å²) in [5.41, 5.74) is 0.457. The Hall–Kier alpha value is -3.49. The SMILES string of the molecule is CN(c1cc(C(F)(F)F)nc2ccccc12)[C@H]1CC[C@@H](NC(=O)c2ccc3c(c2)OCO3)CC1. The standard InChI is InChI=1S/C25H24F3N3O3/c1-31(20-13-23(25(26,27)28)30-19-5-3-2-4-18(19)20)17-9-7-16(8-10-17)29-24(32)15-6-11-21-22(12-15)34-14-33-21/h2-6,11-13,16-17H,7-10,14H2,1H3,(H,29,32)/t16-,17+. The fourth-order valence-electron chi connectivity index (χ4n) is 4.70. The summed E-state index contributed by atoms with van der Waals surface area (Å²) in [6.07, 6.45) is -1.54. The third-order valence-corrected chi connectivity index (χ3v) is 6.58. The van der Waals surface area contributed by atoms with Gasteiger partial charge in [0.15, 0.2) is 11.5 Å². The molecule has 1 fully saturated rings. The van der Waals surface area contributed by atoms with E-state index < -0.39 is 11.9 Å². The minimum Gasteiger partial charge on any atom is -0.454 e. The van der Waals surface area contributed by atoms with Gasteiger partial charge in [0, 0.05) is 35.8 Å². The van der Waals surface area contributed by atoms with Crippen LogP contribution in [0.3, 0.4) is 0 Å². The summed E-state index contributed by atoms with van der Waals surface area (Å²) in [6.45, 7) is 0.148. The normalized spacial score (nSPS) is 19.8. The highest BCUT2D eigenvalue weighted by atomic mass is 19.4. The first-order valence-corrected chi connectivity index (χ1v) is 11.2. The lowest BCUT2D eigenvalue weighted by atomic mass is 9.89. The number of alkyl halides is 3. The second-order valence-electron chi connectivity index (χ2n) is 8.70. The zero-order valence-corrected chi connectivity index (χ0v) is 18.6. The Labute approximate surface area is 194 Å². The molecule has 3 aromatic rings. The van der Waals surface area contributed by atoms with Crippen LogP contribution in [0.15, 0.2) is 48.5 Å². The molecule has 1 aliphatic heterocycles. The van der Waals surface area contributed by atoms with E-state index in [0.29, 0.717) is 33.7 Å². The van der Waals surface area contributed by atoms with E-state index >= 15 is 0 Å². The van der Waals surface area contributed by atoms with Crippen LogP contribution in [0.25, 0.3) is 10.9 Å². The highest BCUT2D eigenvalue weighted by Crippen LogP contribution is 2.37. The Morgan fingerprint density at radius 3 is 2.53 bits per heavy atom. The summed E-state index contributed by atoms with van der Waals surface area (Å²) >= 11 is 0. The van der Waals surface area contributed by atoms with Crippen molar-refractivity contribution in [3.8, 4) is 11.5 Å². The topological polar surface area (TPSA) is 63.7 Å². The van der Waals surface area contributed by atoms with Gasteiger partial charge in [0.25, 0.3) is 5.91 Å². The molecule has 9 heteroatoms. The molecule has 0 saturated heterocycles. The largest absolute Gasteiger partial charge is 0.454 e. The molecule has 1 amide bonds. The van der Waals surface area contributed by atoms with Gasteiger partial charge in [-0.15, -0.1) is 0 Å². The van der Waals surface area contributed by atoms with Crippen molar-refractivity contribution in [1.82, 2.24) is 10.3 Å². The highest BCUT2D eigenvalue weighted by molar-refractivity contribution is 5.95. The first-order valence-electron chi connectivity index (χ1n) is 11.2. The lowest BCUT2D eigenvalue weighted by molar-refractivity contribution is -0.140. The monoisotopic (exact) mass is 471 g/mol. The first kappa shape index (κ1) is 22.3. The zero-order valence-electron chi connectivity index (χ0n) is 18.6. The number of benzene rings is 2. The molecule has 0 radical (unpaired) electrons. The van der Waals surface area contributed by atoms with Crippen LogP contribution in [-0.4, -0.2) is 36.8 Å². The molecular weight excluding hydrogens is 447 g/mol. The molecule has 0 bridgehead atoms. The second kappa shape index (κ2) is 8.70. The van der Waals surface area contributed by atoms with Gasteiger partial charge >= 0.3 is 6.18 Å². The van der Waals surface area contributed by atoms with Crippen LogP contribution in [0.4, 0.5) is 18.9 Å². The predicted octanol–water partition coefficient (Wildman–Crippen LogP) is 5.16. The Balaban J connectivity index is 1.27. The number of para-hydroxylation sites is 1. The number of rotatable bonds is 4. The molecule has 1 N–H and O–H groups in total. The maximum absolute atomic E-state index is 13.5. The Morgan fingerprint density at radius 1 is 1.03 bits per heavy atom. The lowest BCUT2D eigenvalue weighted by Gasteiger charge is -2.37. The van der Waals surface area contributed by atoms with Crippen molar-refractivity contribution in [2.24, 2.45) is 0 Å². The Morgan fingerprint density at radius 2 is 1.76 bits per heavy atom. The number of ether oxygens (including phenoxy) is 2. The fourth-order valence-corrected chi connectivity index (χ4v) is 4.70. The van der Waals surface area contributed by atoms with Gasteiger partial charge in [0.05, 0.1) is 5.52 Å². The summed E-state index contributed by atoms with van der Waals surface area (Å²) in [5.74, 6) is 1.00. The number of hydrogen-bond donors (Lipinski definition) is 1. The van der Waals surface area contributed by atoms with E-state index in [0.717, 1.165) is 31.7 Å². The lowest BCUT2D eigenvalue weighted by Crippen LogP contribution is -2.43. The minimum atomic E-state index is -4.52. The number of pyridine rings is 1. The number of nitrogens with zero attached hydrogens (tertiary/aromatic N) is 2. The van der Waals surface area contributed by atoms with Gasteiger partial charge in [-0.05, 0) is 56.0 Å². The fraction of sp³-hybridized carbons (Fsp3) is 0.360. The van der Waals surface area contributed by atoms with Crippen molar-refractivity contribution in [3.05, 3.63) is 59.8 Å². The van der Waals surface area contributed by atoms with Crippen LogP contribution >= 0.6 is 0 Å². The van der Waals surface area contributed by atoms with Crippen molar-refractivity contribution in [3.63, 3.8) is 0 Å². The molecule has 178 valence electrons. The van der Waals surface area contributed by atoms with Crippen molar-refractivity contribution < 1.29 is 27.4 Å². The van der Waals surface area contributed by atoms with Gasteiger partial charge in [0.1, 0.15) is 5.69 Å². The molecule has 0 unspecified atom stereocenters. The molecule has 5 rings (SSSR count). The number of halogens is 3. The number of anilines is 1. The molecule has 34 heavy (non-hydrogen) atoms. The van der Waals surface area contributed by atoms with Crippen molar-refractivity contribution in [2.75, 3.05) is 18.7 Å². The maximum Gasteiger partial charge on any atom is 0.433 e. The van der Waals surface area contributed by atoms with E-state index in [1.165, 1.54) is 0 Å².